The average molecular weight is 540 g/mol. The zero-order valence-electron chi connectivity index (χ0n) is 22.0. The van der Waals surface area contributed by atoms with E-state index in [0.717, 1.165) is 52.2 Å². The minimum Gasteiger partial charge on any atom is -0.494 e. The summed E-state index contributed by atoms with van der Waals surface area (Å²) in [4.78, 5) is 15.6. The van der Waals surface area contributed by atoms with E-state index in [-0.39, 0.29) is 12.2 Å². The fourth-order valence-corrected chi connectivity index (χ4v) is 5.22. The molecule has 7 nitrogen and oxygen atoms in total. The Kier molecular flexibility index (Phi) is 6.55. The van der Waals surface area contributed by atoms with Gasteiger partial charge in [-0.05, 0) is 67.9 Å². The van der Waals surface area contributed by atoms with Crippen molar-refractivity contribution in [2.75, 3.05) is 11.9 Å². The van der Waals surface area contributed by atoms with Crippen LogP contribution < -0.4 is 10.1 Å². The van der Waals surface area contributed by atoms with Crippen molar-refractivity contribution in [1.82, 2.24) is 19.2 Å². The van der Waals surface area contributed by atoms with Gasteiger partial charge in [-0.3, -0.25) is 0 Å². The number of aryl methyl sites for hydroxylation is 1. The number of anilines is 1. The quantitative estimate of drug-likeness (QED) is 0.268. The maximum atomic E-state index is 14.6. The molecule has 1 unspecified atom stereocenters. The fraction of sp³-hybridized carbons (Fsp3) is 0.161. The largest absolute Gasteiger partial charge is 0.494 e. The molecule has 0 fully saturated rings. The summed E-state index contributed by atoms with van der Waals surface area (Å²) in [5, 5.41) is 7.43. The minimum absolute atomic E-state index is 0.169. The Bertz CT molecular complexity index is 1700. The van der Waals surface area contributed by atoms with Crippen molar-refractivity contribution in [1.29, 1.82) is 0 Å². The topological polar surface area (TPSA) is 64.3 Å². The first-order valence-electron chi connectivity index (χ1n) is 13.0. The molecule has 0 aliphatic carbocycles. The van der Waals surface area contributed by atoms with E-state index in [4.69, 9.17) is 9.84 Å². The highest BCUT2D eigenvalue weighted by atomic mass is 19.1. The monoisotopic (exact) mass is 539 g/mol. The summed E-state index contributed by atoms with van der Waals surface area (Å²) < 4.78 is 38.2. The van der Waals surface area contributed by atoms with Crippen LogP contribution in [0.4, 0.5) is 19.3 Å². The van der Waals surface area contributed by atoms with Gasteiger partial charge in [0.2, 0.25) is 0 Å². The second kappa shape index (κ2) is 10.3. The molecule has 40 heavy (non-hydrogen) atoms. The average Bonchev–Trinajstić information content (AvgIpc) is 3.52. The molecule has 1 aliphatic heterocycles. The Morgan fingerprint density at radius 3 is 2.65 bits per heavy atom. The third-order valence-electron chi connectivity index (χ3n) is 7.00. The molecule has 2 amide bonds. The van der Waals surface area contributed by atoms with Crippen molar-refractivity contribution >= 4 is 11.7 Å². The molecular formula is C31H27F2N5O2. The van der Waals surface area contributed by atoms with E-state index in [1.165, 1.54) is 0 Å². The van der Waals surface area contributed by atoms with E-state index < -0.39 is 23.7 Å². The van der Waals surface area contributed by atoms with Crippen LogP contribution in [-0.2, 0) is 6.54 Å². The Morgan fingerprint density at radius 1 is 1.02 bits per heavy atom. The van der Waals surface area contributed by atoms with E-state index in [0.29, 0.717) is 12.4 Å². The van der Waals surface area contributed by atoms with Crippen molar-refractivity contribution in [2.24, 2.45) is 0 Å². The van der Waals surface area contributed by atoms with Gasteiger partial charge < -0.3 is 19.5 Å². The highest BCUT2D eigenvalue weighted by Crippen LogP contribution is 2.39. The van der Waals surface area contributed by atoms with Crippen LogP contribution >= 0.6 is 0 Å². The van der Waals surface area contributed by atoms with E-state index >= 15 is 0 Å². The van der Waals surface area contributed by atoms with Gasteiger partial charge in [-0.2, -0.15) is 5.10 Å². The number of hydrogen-bond acceptors (Lipinski definition) is 3. The van der Waals surface area contributed by atoms with E-state index in [1.807, 2.05) is 96.0 Å². The molecule has 2 aromatic heterocycles. The summed E-state index contributed by atoms with van der Waals surface area (Å²) in [6, 6.07) is 23.1. The van der Waals surface area contributed by atoms with Crippen LogP contribution in [0.15, 0.2) is 91.1 Å². The number of halogens is 2. The van der Waals surface area contributed by atoms with Crippen LogP contribution in [0.2, 0.25) is 0 Å². The van der Waals surface area contributed by atoms with Crippen molar-refractivity contribution in [2.45, 2.75) is 26.4 Å². The lowest BCUT2D eigenvalue weighted by atomic mass is 10.0. The minimum atomic E-state index is -0.725. The molecule has 5 aromatic rings. The first kappa shape index (κ1) is 25.4. The summed E-state index contributed by atoms with van der Waals surface area (Å²) in [5.74, 6) is 0.103. The lowest BCUT2D eigenvalue weighted by Crippen LogP contribution is -2.38. The van der Waals surface area contributed by atoms with Crippen molar-refractivity contribution in [3.63, 3.8) is 0 Å². The number of nitrogens with one attached hydrogen (secondary N) is 1. The molecule has 9 heteroatoms. The Balaban J connectivity index is 1.54. The Labute approximate surface area is 230 Å². The molecule has 0 bridgehead atoms. The zero-order valence-corrected chi connectivity index (χ0v) is 22.0. The predicted octanol–water partition coefficient (Wildman–Crippen LogP) is 6.79. The normalized spacial score (nSPS) is 14.3. The highest BCUT2D eigenvalue weighted by Gasteiger charge is 2.36. The molecule has 3 aromatic carbocycles. The summed E-state index contributed by atoms with van der Waals surface area (Å²) >= 11 is 0. The van der Waals surface area contributed by atoms with Crippen LogP contribution in [0.5, 0.6) is 5.75 Å². The number of hydrogen-bond donors (Lipinski definition) is 1. The van der Waals surface area contributed by atoms with Gasteiger partial charge in [0.1, 0.15) is 23.2 Å². The summed E-state index contributed by atoms with van der Waals surface area (Å²) in [7, 11) is 0. The standard InChI is InChI=1S/C31H27F2N5O2/c1-3-40-24-12-7-9-21(17-24)29-28-13-8-16-36(28)30-25(20(2)35-38(30)23-10-5-4-6-11-23)19-37(29)31(39)34-27-18-22(32)14-15-26(27)33/h4-18,29H,3,19H2,1-2H3,(H,34,39). The third-order valence-corrected chi connectivity index (χ3v) is 7.00. The number of amides is 2. The number of aromatic nitrogens is 3. The molecule has 1 atom stereocenters. The van der Waals surface area contributed by atoms with Gasteiger partial charge in [-0.25, -0.2) is 18.3 Å². The molecular weight excluding hydrogens is 512 g/mol. The summed E-state index contributed by atoms with van der Waals surface area (Å²) in [6.45, 7) is 4.47. The Hall–Kier alpha value is -4.92. The maximum Gasteiger partial charge on any atom is 0.323 e. The molecule has 0 saturated carbocycles. The van der Waals surface area contributed by atoms with Crippen molar-refractivity contribution in [3.05, 3.63) is 125 Å². The molecule has 1 N–H and O–H groups in total. The number of fused-ring (bicyclic) bond motifs is 3. The summed E-state index contributed by atoms with van der Waals surface area (Å²) in [6.07, 6.45) is 1.95. The number of nitrogens with zero attached hydrogens (tertiary/aromatic N) is 4. The van der Waals surface area contributed by atoms with Gasteiger partial charge in [-0.1, -0.05) is 30.3 Å². The smallest absolute Gasteiger partial charge is 0.323 e. The zero-order chi connectivity index (χ0) is 27.8. The van der Waals surface area contributed by atoms with Crippen LogP contribution in [-0.4, -0.2) is 31.9 Å². The van der Waals surface area contributed by atoms with E-state index in [2.05, 4.69) is 5.32 Å². The molecule has 0 saturated heterocycles. The van der Waals surface area contributed by atoms with Crippen LogP contribution in [0.1, 0.15) is 35.5 Å². The highest BCUT2D eigenvalue weighted by molar-refractivity contribution is 5.90. The van der Waals surface area contributed by atoms with Crippen LogP contribution in [0.25, 0.3) is 11.5 Å². The molecule has 0 spiro atoms. The SMILES string of the molecule is CCOc1cccc(C2c3cccn3-c3c(c(C)nn3-c3ccccc3)CN2C(=O)Nc2cc(F)ccc2F)c1. The van der Waals surface area contributed by atoms with Crippen LogP contribution in [0, 0.1) is 18.6 Å². The number of ether oxygens (including phenoxy) is 1. The Morgan fingerprint density at radius 2 is 1.85 bits per heavy atom. The van der Waals surface area contributed by atoms with Gasteiger partial charge in [0.15, 0.2) is 0 Å². The molecule has 202 valence electrons. The second-order valence-corrected chi connectivity index (χ2v) is 9.53. The van der Waals surface area contributed by atoms with Gasteiger partial charge >= 0.3 is 6.03 Å². The number of benzene rings is 3. The number of urea groups is 1. The fourth-order valence-electron chi connectivity index (χ4n) is 5.22. The van der Waals surface area contributed by atoms with Crippen molar-refractivity contribution < 1.29 is 18.3 Å². The van der Waals surface area contributed by atoms with Crippen molar-refractivity contribution in [3.8, 4) is 17.3 Å². The molecule has 3 heterocycles. The van der Waals surface area contributed by atoms with Gasteiger partial charge in [0.25, 0.3) is 0 Å². The van der Waals surface area contributed by atoms with E-state index in [9.17, 15) is 13.6 Å². The number of carbonyl (C=O) groups is 1. The number of carbonyl (C=O) groups excluding carboxylic acids is 1. The van der Waals surface area contributed by atoms with Gasteiger partial charge in [-0.15, -0.1) is 0 Å². The first-order chi connectivity index (χ1) is 19.4. The van der Waals surface area contributed by atoms with Gasteiger partial charge in [0, 0.05) is 17.8 Å². The maximum absolute atomic E-state index is 14.6. The second-order valence-electron chi connectivity index (χ2n) is 9.53. The number of rotatable bonds is 5. The number of para-hydroxylation sites is 1. The van der Waals surface area contributed by atoms with Gasteiger partial charge in [0.05, 0.1) is 42.0 Å². The lowest BCUT2D eigenvalue weighted by molar-refractivity contribution is 0.194. The van der Waals surface area contributed by atoms with Crippen LogP contribution in [0.3, 0.4) is 0 Å². The third kappa shape index (κ3) is 4.49. The molecule has 6 rings (SSSR count). The summed E-state index contributed by atoms with van der Waals surface area (Å²) in [5.41, 5.74) is 3.84. The molecule has 0 radical (unpaired) electrons. The first-order valence-corrected chi connectivity index (χ1v) is 13.0. The van der Waals surface area contributed by atoms with E-state index in [1.54, 1.807) is 4.90 Å². The predicted molar refractivity (Wildman–Crippen MR) is 148 cm³/mol. The lowest BCUT2D eigenvalue weighted by Gasteiger charge is -2.31. The molecule has 1 aliphatic rings.